The Morgan fingerprint density at radius 2 is 2.00 bits per heavy atom. The lowest BCUT2D eigenvalue weighted by Crippen LogP contribution is -2.20. The van der Waals surface area contributed by atoms with Crippen LogP contribution in [0, 0.1) is 13.8 Å². The van der Waals surface area contributed by atoms with Crippen molar-refractivity contribution in [2.45, 2.75) is 27.3 Å². The third-order valence-corrected chi connectivity index (χ3v) is 5.70. The molecule has 3 rings (SSSR count). The second kappa shape index (κ2) is 8.57. The first-order chi connectivity index (χ1) is 12.9. The number of halogens is 2. The van der Waals surface area contributed by atoms with Gasteiger partial charge < -0.3 is 9.30 Å². The number of fused-ring (bicyclic) bond motifs is 1. The summed E-state index contributed by atoms with van der Waals surface area (Å²) in [5, 5.41) is 1.09. The molecule has 0 saturated carbocycles. The number of hydrogen-bond donors (Lipinski definition) is 0. The highest BCUT2D eigenvalue weighted by atomic mass is 35.5. The molecule has 1 aromatic heterocycles. The minimum absolute atomic E-state index is 0.272. The van der Waals surface area contributed by atoms with Crippen LogP contribution in [0.5, 0.6) is 0 Å². The van der Waals surface area contributed by atoms with E-state index in [2.05, 4.69) is 4.99 Å². The van der Waals surface area contributed by atoms with Gasteiger partial charge in [-0.15, -0.1) is 0 Å². The molecule has 0 spiro atoms. The van der Waals surface area contributed by atoms with Gasteiger partial charge >= 0.3 is 0 Å². The van der Waals surface area contributed by atoms with Crippen LogP contribution in [0.15, 0.2) is 35.3 Å². The van der Waals surface area contributed by atoms with E-state index in [4.69, 9.17) is 27.9 Å². The highest BCUT2D eigenvalue weighted by Gasteiger charge is 2.14. The highest BCUT2D eigenvalue weighted by Crippen LogP contribution is 2.29. The van der Waals surface area contributed by atoms with Gasteiger partial charge in [0, 0.05) is 23.7 Å². The summed E-state index contributed by atoms with van der Waals surface area (Å²) in [5.74, 6) is -0.272. The fourth-order valence-corrected chi connectivity index (χ4v) is 4.76. The topological polar surface area (TPSA) is 43.6 Å². The molecule has 0 aliphatic heterocycles. The third-order valence-electron chi connectivity index (χ3n) is 4.17. The molecule has 0 N–H and O–H groups in total. The van der Waals surface area contributed by atoms with Crippen molar-refractivity contribution in [3.8, 4) is 0 Å². The number of ether oxygens (including phenoxy) is 1. The Morgan fingerprint density at radius 1 is 1.22 bits per heavy atom. The maximum Gasteiger partial charge on any atom is 0.279 e. The normalized spacial score (nSPS) is 12.1. The number of aromatic nitrogens is 1. The summed E-state index contributed by atoms with van der Waals surface area (Å²) in [6.45, 7) is 7.53. The minimum Gasteiger partial charge on any atom is -0.380 e. The van der Waals surface area contributed by atoms with E-state index < -0.39 is 0 Å². The van der Waals surface area contributed by atoms with Crippen LogP contribution in [0.2, 0.25) is 10.0 Å². The molecular formula is C20H20Cl2N2O2S. The zero-order valence-corrected chi connectivity index (χ0v) is 17.7. The van der Waals surface area contributed by atoms with Gasteiger partial charge in [-0.3, -0.25) is 4.79 Å². The smallest absolute Gasteiger partial charge is 0.279 e. The van der Waals surface area contributed by atoms with Gasteiger partial charge in [0.05, 0.1) is 21.8 Å². The van der Waals surface area contributed by atoms with E-state index in [1.165, 1.54) is 11.3 Å². The molecule has 0 aliphatic rings. The van der Waals surface area contributed by atoms with Crippen molar-refractivity contribution in [2.75, 3.05) is 13.2 Å². The van der Waals surface area contributed by atoms with Gasteiger partial charge in [0.15, 0.2) is 4.80 Å². The molecule has 0 atom stereocenters. The number of amides is 1. The van der Waals surface area contributed by atoms with E-state index in [9.17, 15) is 4.79 Å². The number of benzene rings is 2. The average Bonchev–Trinajstić information content (AvgIpc) is 2.92. The van der Waals surface area contributed by atoms with Crippen LogP contribution in [-0.4, -0.2) is 23.7 Å². The number of carbonyl (C=O) groups is 1. The van der Waals surface area contributed by atoms with Gasteiger partial charge in [-0.1, -0.05) is 52.2 Å². The predicted octanol–water partition coefficient (Wildman–Crippen LogP) is 5.40. The number of rotatable bonds is 5. The van der Waals surface area contributed by atoms with Gasteiger partial charge in [-0.2, -0.15) is 4.99 Å². The molecule has 0 saturated heterocycles. The van der Waals surface area contributed by atoms with Gasteiger partial charge in [0.2, 0.25) is 0 Å². The zero-order valence-electron chi connectivity index (χ0n) is 15.4. The quantitative estimate of drug-likeness (QED) is 0.516. The molecule has 0 aliphatic carbocycles. The fourth-order valence-electron chi connectivity index (χ4n) is 2.92. The maximum atomic E-state index is 12.8. The zero-order chi connectivity index (χ0) is 19.6. The summed E-state index contributed by atoms with van der Waals surface area (Å²) in [4.78, 5) is 17.8. The molecule has 27 heavy (non-hydrogen) atoms. The number of hydrogen-bond acceptors (Lipinski definition) is 3. The summed E-state index contributed by atoms with van der Waals surface area (Å²) in [7, 11) is 0. The van der Waals surface area contributed by atoms with E-state index in [1.54, 1.807) is 6.07 Å². The van der Waals surface area contributed by atoms with E-state index >= 15 is 0 Å². The molecule has 0 radical (unpaired) electrons. The van der Waals surface area contributed by atoms with Gasteiger partial charge in [0.1, 0.15) is 0 Å². The minimum atomic E-state index is -0.272. The largest absolute Gasteiger partial charge is 0.380 e. The summed E-state index contributed by atoms with van der Waals surface area (Å²) < 4.78 is 8.30. The van der Waals surface area contributed by atoms with Gasteiger partial charge in [-0.25, -0.2) is 0 Å². The van der Waals surface area contributed by atoms with Crippen molar-refractivity contribution in [3.63, 3.8) is 0 Å². The second-order valence-electron chi connectivity index (χ2n) is 6.20. The average molecular weight is 423 g/mol. The maximum absolute atomic E-state index is 12.8. The summed E-state index contributed by atoms with van der Waals surface area (Å²) in [6, 6.07) is 9.25. The van der Waals surface area contributed by atoms with Crippen molar-refractivity contribution in [2.24, 2.45) is 4.99 Å². The fraction of sp³-hybridized carbons (Fsp3) is 0.300. The lowest BCUT2D eigenvalue weighted by molar-refractivity contribution is 0.0996. The molecule has 2 aromatic carbocycles. The van der Waals surface area contributed by atoms with Crippen LogP contribution in [0.25, 0.3) is 10.2 Å². The number of thiazole rings is 1. The third kappa shape index (κ3) is 4.43. The van der Waals surface area contributed by atoms with Crippen LogP contribution in [0.3, 0.4) is 0 Å². The SMILES string of the molecule is CCOCCn1c(=NC(=O)c2ccc(C)cc2C)sc2cc(Cl)cc(Cl)c21. The van der Waals surface area contributed by atoms with Crippen LogP contribution < -0.4 is 4.80 Å². The molecule has 7 heteroatoms. The van der Waals surface area contributed by atoms with Crippen LogP contribution in [-0.2, 0) is 11.3 Å². The Balaban J connectivity index is 2.13. The van der Waals surface area contributed by atoms with Crippen molar-refractivity contribution in [1.82, 2.24) is 4.57 Å². The Labute approximate surface area is 172 Å². The molecule has 1 heterocycles. The Bertz CT molecular complexity index is 1070. The standard InChI is InChI=1S/C20H20Cl2N2O2S/c1-4-26-8-7-24-18-16(22)10-14(21)11-17(18)27-20(24)23-19(25)15-6-5-12(2)9-13(15)3/h5-6,9-11H,4,7-8H2,1-3H3. The second-order valence-corrected chi connectivity index (χ2v) is 8.06. The van der Waals surface area contributed by atoms with Crippen molar-refractivity contribution < 1.29 is 9.53 Å². The first-order valence-electron chi connectivity index (χ1n) is 8.63. The van der Waals surface area contributed by atoms with Gasteiger partial charge in [0.25, 0.3) is 5.91 Å². The first-order valence-corrected chi connectivity index (χ1v) is 10.2. The summed E-state index contributed by atoms with van der Waals surface area (Å²) >= 11 is 14.0. The molecule has 4 nitrogen and oxygen atoms in total. The van der Waals surface area contributed by atoms with Crippen LogP contribution >= 0.6 is 34.5 Å². The number of aryl methyl sites for hydroxylation is 2. The molecule has 0 bridgehead atoms. The van der Waals surface area contributed by atoms with Crippen molar-refractivity contribution in [3.05, 3.63) is 61.9 Å². The Morgan fingerprint density at radius 3 is 2.70 bits per heavy atom. The molecule has 3 aromatic rings. The van der Waals surface area contributed by atoms with Crippen molar-refractivity contribution >= 4 is 50.7 Å². The summed E-state index contributed by atoms with van der Waals surface area (Å²) in [6.07, 6.45) is 0. The van der Waals surface area contributed by atoms with Crippen LogP contribution in [0.1, 0.15) is 28.4 Å². The molecular weight excluding hydrogens is 403 g/mol. The molecule has 142 valence electrons. The van der Waals surface area contributed by atoms with Gasteiger partial charge in [-0.05, 0) is 44.5 Å². The Kier molecular flexibility index (Phi) is 6.37. The number of nitrogens with zero attached hydrogens (tertiary/aromatic N) is 2. The van der Waals surface area contributed by atoms with E-state index in [1.807, 2.05) is 49.6 Å². The molecule has 0 fully saturated rings. The van der Waals surface area contributed by atoms with Crippen LogP contribution in [0.4, 0.5) is 0 Å². The summed E-state index contributed by atoms with van der Waals surface area (Å²) in [5.41, 5.74) is 3.43. The Hall–Kier alpha value is -1.66. The predicted molar refractivity (Wildman–Crippen MR) is 112 cm³/mol. The lowest BCUT2D eigenvalue weighted by Gasteiger charge is -2.07. The molecule has 0 unspecified atom stereocenters. The van der Waals surface area contributed by atoms with Crippen molar-refractivity contribution in [1.29, 1.82) is 0 Å². The number of carbonyl (C=O) groups excluding carboxylic acids is 1. The van der Waals surface area contributed by atoms with E-state index in [0.29, 0.717) is 40.2 Å². The first kappa shape index (κ1) is 20.1. The molecule has 1 amide bonds. The lowest BCUT2D eigenvalue weighted by atomic mass is 10.1. The monoisotopic (exact) mass is 422 g/mol. The van der Waals surface area contributed by atoms with E-state index in [0.717, 1.165) is 21.3 Å². The highest BCUT2D eigenvalue weighted by molar-refractivity contribution is 7.16. The van der Waals surface area contributed by atoms with E-state index in [-0.39, 0.29) is 5.91 Å².